The minimum absolute atomic E-state index is 0.0654. The molecule has 0 radical (unpaired) electrons. The molecule has 3 aliphatic heterocycles. The van der Waals surface area contributed by atoms with Crippen LogP contribution in [0, 0.1) is 0 Å². The zero-order valence-corrected chi connectivity index (χ0v) is 23.9. The second-order valence-electron chi connectivity index (χ2n) is 10.0. The number of nitrogens with one attached hydrogen (secondary N) is 1. The maximum absolute atomic E-state index is 13.2. The summed E-state index contributed by atoms with van der Waals surface area (Å²) in [5.74, 6) is -0.145. The van der Waals surface area contributed by atoms with Crippen molar-refractivity contribution in [2.24, 2.45) is 0 Å². The molecule has 0 aromatic carbocycles. The van der Waals surface area contributed by atoms with Gasteiger partial charge in [0.2, 0.25) is 5.95 Å². The van der Waals surface area contributed by atoms with Crippen LogP contribution in [0.15, 0.2) is 23.8 Å². The maximum Gasteiger partial charge on any atom is 0.472 e. The number of aliphatic hydroxyl groups is 1. The molecule has 3 aliphatic rings. The third-order valence-corrected chi connectivity index (χ3v) is 9.24. The summed E-state index contributed by atoms with van der Waals surface area (Å²) in [5, 5.41) is 11.0. The van der Waals surface area contributed by atoms with Gasteiger partial charge >= 0.3 is 15.6 Å². The fourth-order valence-electron chi connectivity index (χ4n) is 5.26. The van der Waals surface area contributed by atoms with Crippen molar-refractivity contribution in [3.05, 3.63) is 29.3 Å². The number of H-pyrrole nitrogens is 1. The Morgan fingerprint density at radius 3 is 2.39 bits per heavy atom. The van der Waals surface area contributed by atoms with Gasteiger partial charge in [-0.1, -0.05) is 0 Å². The normalized spacial score (nSPS) is 36.6. The van der Waals surface area contributed by atoms with Gasteiger partial charge < -0.3 is 35.8 Å². The molecule has 9 atom stereocenters. The highest BCUT2D eigenvalue weighted by Crippen LogP contribution is 2.53. The fraction of sp³-hybridized carbons (Fsp3) is 0.500. The van der Waals surface area contributed by atoms with E-state index >= 15 is 0 Å². The molecule has 24 heteroatoms. The van der Waals surface area contributed by atoms with E-state index in [1.54, 1.807) is 0 Å². The second-order valence-corrected chi connectivity index (χ2v) is 12.8. The summed E-state index contributed by atoms with van der Waals surface area (Å²) >= 11 is 0. The number of imidazole rings is 2. The van der Waals surface area contributed by atoms with E-state index in [2.05, 4.69) is 29.9 Å². The molecule has 4 aromatic heterocycles. The third-order valence-electron chi connectivity index (χ3n) is 7.24. The van der Waals surface area contributed by atoms with Gasteiger partial charge in [-0.15, -0.1) is 0 Å². The summed E-state index contributed by atoms with van der Waals surface area (Å²) < 4.78 is 61.7. The Labute approximate surface area is 244 Å². The standard InChI is InChI=1S/C20H24N10O12P2/c21-15-11-16(24-4-23-15)29(5-25-11)10-1-7-8(39-10)2-37-44(35,36)42-14-13(31)9(3-38-43(33,34)41-7)40-19(14)30-6-26-12-17(30)27-20(22)28-18(12)32/h4-10,13-14,19,31H,1-3H2,(H,33,34)(H,35,36)(H2,21,23,24)(H3,22,27,28,32)/t7-,8?,9?,10-,13?,14?,19?/m1/s1. The van der Waals surface area contributed by atoms with Crippen LogP contribution in [0.3, 0.4) is 0 Å². The minimum Gasteiger partial charge on any atom is -0.387 e. The number of nitrogen functional groups attached to an aromatic ring is 2. The van der Waals surface area contributed by atoms with Gasteiger partial charge in [-0.25, -0.2) is 29.1 Å². The Hall–Kier alpha value is -3.40. The molecule has 0 amide bonds. The molecule has 3 fully saturated rings. The zero-order valence-electron chi connectivity index (χ0n) is 22.1. The molecular weight excluding hydrogens is 634 g/mol. The number of aromatic nitrogens is 8. The molecule has 7 heterocycles. The highest BCUT2D eigenvalue weighted by atomic mass is 31.2. The van der Waals surface area contributed by atoms with Gasteiger partial charge in [-0.3, -0.25) is 37.0 Å². The lowest BCUT2D eigenvalue weighted by molar-refractivity contribution is -0.0670. The Kier molecular flexibility index (Phi) is 7.06. The lowest BCUT2D eigenvalue weighted by Gasteiger charge is -2.25. The first kappa shape index (κ1) is 29.3. The molecule has 8 N–H and O–H groups in total. The summed E-state index contributed by atoms with van der Waals surface area (Å²) in [6.07, 6.45) is -5.86. The molecule has 7 unspecified atom stereocenters. The molecule has 44 heavy (non-hydrogen) atoms. The molecule has 0 saturated carbocycles. The minimum atomic E-state index is -5.01. The van der Waals surface area contributed by atoms with Gasteiger partial charge in [0, 0.05) is 6.42 Å². The van der Waals surface area contributed by atoms with E-state index in [-0.39, 0.29) is 34.9 Å². The first-order valence-electron chi connectivity index (χ1n) is 12.8. The van der Waals surface area contributed by atoms with Crippen molar-refractivity contribution in [1.82, 2.24) is 39.0 Å². The number of phosphoric ester groups is 2. The van der Waals surface area contributed by atoms with E-state index in [0.717, 1.165) is 10.9 Å². The van der Waals surface area contributed by atoms with Gasteiger partial charge in [-0.05, 0) is 0 Å². The van der Waals surface area contributed by atoms with Crippen LogP contribution in [0.1, 0.15) is 18.9 Å². The SMILES string of the molecule is Nc1nc2c(ncn2C2OC3COP(=O)(O)O[C@@H]4C[C@H](n5cnc6c(N)ncnc65)OC4COP(=O)(O)OC2C3O)c(=O)[nH]1. The molecule has 4 aromatic rings. The van der Waals surface area contributed by atoms with Crippen molar-refractivity contribution in [2.75, 3.05) is 24.7 Å². The molecule has 22 nitrogen and oxygen atoms in total. The lowest BCUT2D eigenvalue weighted by atomic mass is 10.1. The first-order valence-corrected chi connectivity index (χ1v) is 15.8. The Morgan fingerprint density at radius 1 is 0.886 bits per heavy atom. The van der Waals surface area contributed by atoms with Crippen molar-refractivity contribution < 1.29 is 51.6 Å². The van der Waals surface area contributed by atoms with Crippen molar-refractivity contribution in [1.29, 1.82) is 0 Å². The van der Waals surface area contributed by atoms with Gasteiger partial charge in [0.15, 0.2) is 28.9 Å². The highest BCUT2D eigenvalue weighted by molar-refractivity contribution is 7.47. The fourth-order valence-corrected chi connectivity index (χ4v) is 7.15. The number of aromatic amines is 1. The molecule has 236 valence electrons. The van der Waals surface area contributed by atoms with Crippen molar-refractivity contribution in [3.8, 4) is 0 Å². The largest absolute Gasteiger partial charge is 0.472 e. The molecular formula is C20H24N10O12P2. The topological polar surface area (TPSA) is 309 Å². The molecule has 3 saturated heterocycles. The number of rotatable bonds is 2. The molecule has 7 rings (SSSR count). The summed E-state index contributed by atoms with van der Waals surface area (Å²) in [7, 11) is -9.88. The van der Waals surface area contributed by atoms with Gasteiger partial charge in [-0.2, -0.15) is 4.98 Å². The third kappa shape index (κ3) is 5.18. The van der Waals surface area contributed by atoms with E-state index in [1.165, 1.54) is 17.2 Å². The molecule has 0 spiro atoms. The molecule has 2 bridgehead atoms. The van der Waals surface area contributed by atoms with Crippen LogP contribution in [0.5, 0.6) is 0 Å². The monoisotopic (exact) mass is 658 g/mol. The second kappa shape index (κ2) is 10.6. The van der Waals surface area contributed by atoms with Gasteiger partial charge in [0.25, 0.3) is 5.56 Å². The van der Waals surface area contributed by atoms with E-state index in [0.29, 0.717) is 5.65 Å². The van der Waals surface area contributed by atoms with Crippen LogP contribution in [-0.4, -0.2) is 97.7 Å². The van der Waals surface area contributed by atoms with Crippen molar-refractivity contribution >= 4 is 49.7 Å². The molecule has 0 aliphatic carbocycles. The number of anilines is 2. The van der Waals surface area contributed by atoms with E-state index < -0.39 is 77.4 Å². The van der Waals surface area contributed by atoms with Gasteiger partial charge in [0.1, 0.15) is 48.6 Å². The lowest BCUT2D eigenvalue weighted by Crippen LogP contribution is -2.35. The number of hydrogen-bond acceptors (Lipinski definition) is 17. The van der Waals surface area contributed by atoms with Crippen LogP contribution in [-0.2, 0) is 36.7 Å². The number of fused-ring (bicyclic) bond motifs is 5. The zero-order chi connectivity index (χ0) is 31.0. The Bertz CT molecular complexity index is 1900. The van der Waals surface area contributed by atoms with Crippen LogP contribution >= 0.6 is 15.6 Å². The van der Waals surface area contributed by atoms with Crippen LogP contribution in [0.25, 0.3) is 22.3 Å². The van der Waals surface area contributed by atoms with Crippen LogP contribution < -0.4 is 17.0 Å². The van der Waals surface area contributed by atoms with Crippen molar-refractivity contribution in [3.63, 3.8) is 0 Å². The van der Waals surface area contributed by atoms with Crippen LogP contribution in [0.2, 0.25) is 0 Å². The summed E-state index contributed by atoms with van der Waals surface area (Å²) in [5.41, 5.74) is 11.2. The number of aliphatic hydroxyl groups excluding tert-OH is 1. The van der Waals surface area contributed by atoms with Crippen LogP contribution in [0.4, 0.5) is 11.8 Å². The predicted molar refractivity (Wildman–Crippen MR) is 142 cm³/mol. The number of hydrogen-bond donors (Lipinski definition) is 6. The average molecular weight is 658 g/mol. The number of ether oxygens (including phenoxy) is 2. The number of nitrogens with zero attached hydrogens (tertiary/aromatic N) is 7. The summed E-state index contributed by atoms with van der Waals surface area (Å²) in [6, 6.07) is 0. The summed E-state index contributed by atoms with van der Waals surface area (Å²) in [6.45, 7) is -1.40. The Balaban J connectivity index is 1.19. The average Bonchev–Trinajstić information content (AvgIpc) is 3.72. The highest BCUT2D eigenvalue weighted by Gasteiger charge is 2.52. The number of phosphoric acid groups is 2. The van der Waals surface area contributed by atoms with Gasteiger partial charge in [0.05, 0.1) is 25.9 Å². The maximum atomic E-state index is 13.2. The number of nitrogens with two attached hydrogens (primary N) is 2. The van der Waals surface area contributed by atoms with Crippen molar-refractivity contribution in [2.45, 2.75) is 49.4 Å². The first-order chi connectivity index (χ1) is 20.9. The quantitative estimate of drug-likeness (QED) is 0.136. The predicted octanol–water partition coefficient (Wildman–Crippen LogP) is -1.31. The van der Waals surface area contributed by atoms with E-state index in [9.17, 15) is 28.8 Å². The smallest absolute Gasteiger partial charge is 0.387 e. The Morgan fingerprint density at radius 2 is 1.59 bits per heavy atom. The van der Waals surface area contributed by atoms with E-state index in [4.69, 9.17) is 39.0 Å². The van der Waals surface area contributed by atoms with E-state index in [1.807, 2.05) is 0 Å². The summed E-state index contributed by atoms with van der Waals surface area (Å²) in [4.78, 5) is 56.0.